The Morgan fingerprint density at radius 1 is 1.05 bits per heavy atom. The van der Waals surface area contributed by atoms with Crippen molar-refractivity contribution in [2.75, 3.05) is 19.0 Å². The smallest absolute Gasteiger partial charge is 0.205 e. The van der Waals surface area contributed by atoms with Gasteiger partial charge in [0.1, 0.15) is 12.8 Å². The largest absolute Gasteiger partial charge is 0.347 e. The van der Waals surface area contributed by atoms with Gasteiger partial charge in [0.2, 0.25) is 5.70 Å². The van der Waals surface area contributed by atoms with Gasteiger partial charge in [0, 0.05) is 41.9 Å². The van der Waals surface area contributed by atoms with Gasteiger partial charge >= 0.3 is 0 Å². The lowest BCUT2D eigenvalue weighted by Crippen LogP contribution is -2.23. The van der Waals surface area contributed by atoms with Crippen LogP contribution in [0.5, 0.6) is 0 Å². The molecule has 0 unspecified atom stereocenters. The van der Waals surface area contributed by atoms with Gasteiger partial charge in [-0.2, -0.15) is 4.58 Å². The summed E-state index contributed by atoms with van der Waals surface area (Å²) in [4.78, 5) is 13.7. The number of rotatable bonds is 6. The number of carbonyl (C=O) groups excluding carboxylic acids is 1. The number of aryl methyl sites for hydroxylation is 1. The van der Waals surface area contributed by atoms with E-state index in [1.807, 2.05) is 33.8 Å². The second kappa shape index (κ2) is 13.6. The highest BCUT2D eigenvalue weighted by Crippen LogP contribution is 2.47. The van der Waals surface area contributed by atoms with Crippen LogP contribution in [0.1, 0.15) is 86.8 Å². The minimum atomic E-state index is -0.106. The fourth-order valence-corrected chi connectivity index (χ4v) is 5.36. The zero-order valence-electron chi connectivity index (χ0n) is 25.6. The molecule has 202 valence electrons. The number of Topliss-reactive ketones (excluding diaryl/α,β-unsaturated/α-hetero) is 1. The molecule has 1 aromatic rings. The van der Waals surface area contributed by atoms with E-state index in [9.17, 15) is 4.79 Å². The molecule has 0 saturated heterocycles. The number of hydrogen-bond donors (Lipinski definition) is 0. The lowest BCUT2D eigenvalue weighted by Gasteiger charge is -2.23. The van der Waals surface area contributed by atoms with Crippen LogP contribution >= 0.6 is 0 Å². The van der Waals surface area contributed by atoms with Crippen LogP contribution < -0.4 is 4.90 Å². The minimum absolute atomic E-state index is 0.0918. The second-order valence-corrected chi connectivity index (χ2v) is 10.2. The van der Waals surface area contributed by atoms with Gasteiger partial charge in [-0.3, -0.25) is 0 Å². The normalized spacial score (nSPS) is 20.6. The van der Waals surface area contributed by atoms with Gasteiger partial charge in [0.05, 0.1) is 5.41 Å². The van der Waals surface area contributed by atoms with Crippen LogP contribution in [0, 0.1) is 5.41 Å². The molecule has 2 heterocycles. The Kier molecular flexibility index (Phi) is 11.8. The minimum Gasteiger partial charge on any atom is -0.347 e. The number of benzene rings is 1. The standard InChI is InChI=1S/C30H39N2O.2C2H6/c1-10-13-23-25(11-2)31(8)27(29(23,4)5)14-12-15-28-30(6,7)24-20-22(17-16-21(3)33)18-19-26(24)32(28)9;2*1-2/h10-15,18-20H,1,16-17H2,2-9H3;2*1-2H3/q+1;;/b23-13+,25-11+;;. The Labute approximate surface area is 227 Å². The maximum Gasteiger partial charge on any atom is 0.205 e. The topological polar surface area (TPSA) is 23.3 Å². The predicted octanol–water partition coefficient (Wildman–Crippen LogP) is 8.57. The Morgan fingerprint density at radius 3 is 2.22 bits per heavy atom. The molecule has 2 aliphatic rings. The molecule has 0 fully saturated rings. The molecule has 3 heteroatoms. The summed E-state index contributed by atoms with van der Waals surface area (Å²) in [6.45, 7) is 24.8. The second-order valence-electron chi connectivity index (χ2n) is 10.2. The van der Waals surface area contributed by atoms with E-state index in [4.69, 9.17) is 0 Å². The molecule has 3 rings (SSSR count). The number of anilines is 1. The number of allylic oxidation sites excluding steroid dienone is 8. The molecule has 3 nitrogen and oxygen atoms in total. The highest BCUT2D eigenvalue weighted by atomic mass is 16.1. The van der Waals surface area contributed by atoms with E-state index >= 15 is 0 Å². The monoisotopic (exact) mass is 503 g/mol. The molecule has 1 aromatic carbocycles. The van der Waals surface area contributed by atoms with Crippen LogP contribution in [0.15, 0.2) is 78.2 Å². The van der Waals surface area contributed by atoms with E-state index < -0.39 is 0 Å². The third-order valence-electron chi connectivity index (χ3n) is 7.24. The average Bonchev–Trinajstić information content (AvgIpc) is 3.18. The summed E-state index contributed by atoms with van der Waals surface area (Å²) in [6, 6.07) is 6.64. The van der Waals surface area contributed by atoms with Crippen molar-refractivity contribution in [3.05, 3.63) is 89.3 Å². The fraction of sp³-hybridized carbons (Fsp3) is 0.471. The van der Waals surface area contributed by atoms with Crippen LogP contribution in [0.3, 0.4) is 0 Å². The van der Waals surface area contributed by atoms with Crippen molar-refractivity contribution < 1.29 is 9.37 Å². The summed E-state index contributed by atoms with van der Waals surface area (Å²) in [5, 5.41) is 0. The van der Waals surface area contributed by atoms with Crippen molar-refractivity contribution in [3.63, 3.8) is 0 Å². The van der Waals surface area contributed by atoms with Crippen LogP contribution in [0.2, 0.25) is 0 Å². The summed E-state index contributed by atoms with van der Waals surface area (Å²) in [5.74, 6) is 0.238. The van der Waals surface area contributed by atoms with E-state index in [1.165, 1.54) is 39.5 Å². The number of carbonyl (C=O) groups is 1. The SMILES string of the molecule is C=C/C=C1\C(=C/C)[N+](C)=C(/C=C/C=C2/N(C)c3ccc(CCC(C)=O)cc3C2(C)C)C1(C)C.CC.CC. The van der Waals surface area contributed by atoms with Gasteiger partial charge < -0.3 is 9.69 Å². The lowest BCUT2D eigenvalue weighted by atomic mass is 9.80. The number of fused-ring (bicyclic) bond motifs is 1. The van der Waals surface area contributed by atoms with Crippen molar-refractivity contribution in [1.82, 2.24) is 0 Å². The number of nitrogens with zero attached hydrogens (tertiary/aromatic N) is 2. The molecule has 0 saturated carbocycles. The Morgan fingerprint density at radius 2 is 1.68 bits per heavy atom. The molecule has 2 aliphatic heterocycles. The van der Waals surface area contributed by atoms with Crippen LogP contribution in [0.4, 0.5) is 5.69 Å². The molecule has 0 spiro atoms. The van der Waals surface area contributed by atoms with Crippen LogP contribution in [0.25, 0.3) is 0 Å². The zero-order chi connectivity index (χ0) is 28.6. The summed E-state index contributed by atoms with van der Waals surface area (Å²) < 4.78 is 2.28. The highest BCUT2D eigenvalue weighted by Gasteiger charge is 2.45. The molecule has 0 atom stereocenters. The molecule has 0 bridgehead atoms. The predicted molar refractivity (Wildman–Crippen MR) is 164 cm³/mol. The number of likely N-dealkylation sites (N-methyl/N-ethyl adjacent to an activating group) is 2. The summed E-state index contributed by atoms with van der Waals surface area (Å²) in [5.41, 5.74) is 8.65. The lowest BCUT2D eigenvalue weighted by molar-refractivity contribution is -0.434. The van der Waals surface area contributed by atoms with Crippen molar-refractivity contribution >= 4 is 17.2 Å². The van der Waals surface area contributed by atoms with E-state index in [-0.39, 0.29) is 16.6 Å². The van der Waals surface area contributed by atoms with Gasteiger partial charge in [-0.05, 0) is 63.5 Å². The van der Waals surface area contributed by atoms with Gasteiger partial charge in [-0.25, -0.2) is 0 Å². The van der Waals surface area contributed by atoms with Gasteiger partial charge in [0.25, 0.3) is 0 Å². The zero-order valence-corrected chi connectivity index (χ0v) is 25.6. The third kappa shape index (κ3) is 6.50. The number of hydrogen-bond acceptors (Lipinski definition) is 2. The molecule has 0 N–H and O–H groups in total. The van der Waals surface area contributed by atoms with E-state index in [2.05, 4.69) is 113 Å². The molecule has 0 radical (unpaired) electrons. The van der Waals surface area contributed by atoms with Gasteiger partial charge in [0.15, 0.2) is 5.71 Å². The summed E-state index contributed by atoms with van der Waals surface area (Å²) in [7, 11) is 4.28. The molecule has 0 aromatic heterocycles. The Balaban J connectivity index is 0.00000163. The molecular weight excluding hydrogens is 452 g/mol. The first-order valence-electron chi connectivity index (χ1n) is 13.8. The molecule has 0 aliphatic carbocycles. The first-order valence-corrected chi connectivity index (χ1v) is 13.8. The fourth-order valence-electron chi connectivity index (χ4n) is 5.36. The van der Waals surface area contributed by atoms with Crippen molar-refractivity contribution in [3.8, 4) is 0 Å². The van der Waals surface area contributed by atoms with Crippen molar-refractivity contribution in [2.24, 2.45) is 5.41 Å². The quantitative estimate of drug-likeness (QED) is 0.363. The first-order chi connectivity index (χ1) is 17.5. The summed E-state index contributed by atoms with van der Waals surface area (Å²) in [6.07, 6.45) is 14.2. The maximum atomic E-state index is 11.4. The van der Waals surface area contributed by atoms with E-state index in [1.54, 1.807) is 6.92 Å². The van der Waals surface area contributed by atoms with Gasteiger partial charge in [-0.15, -0.1) is 0 Å². The third-order valence-corrected chi connectivity index (χ3v) is 7.24. The highest BCUT2D eigenvalue weighted by molar-refractivity contribution is 6.00. The van der Waals surface area contributed by atoms with Crippen molar-refractivity contribution in [2.45, 2.75) is 87.5 Å². The Bertz CT molecular complexity index is 1140. The van der Waals surface area contributed by atoms with Crippen LogP contribution in [-0.4, -0.2) is 30.2 Å². The molecule has 37 heavy (non-hydrogen) atoms. The summed E-state index contributed by atoms with van der Waals surface area (Å²) >= 11 is 0. The van der Waals surface area contributed by atoms with Crippen molar-refractivity contribution in [1.29, 1.82) is 0 Å². The van der Waals surface area contributed by atoms with Crippen LogP contribution in [-0.2, 0) is 16.6 Å². The van der Waals surface area contributed by atoms with E-state index in [0.29, 0.717) is 6.42 Å². The maximum absolute atomic E-state index is 11.4. The van der Waals surface area contributed by atoms with E-state index in [0.717, 1.165) is 6.42 Å². The average molecular weight is 504 g/mol. The van der Waals surface area contributed by atoms with Gasteiger partial charge in [-0.1, -0.05) is 78.5 Å². The Hall–Kier alpha value is -2.94. The number of ketones is 1. The first kappa shape index (κ1) is 32.1. The molecular formula is C34H51N2O+. The molecule has 0 amide bonds.